The van der Waals surface area contributed by atoms with Gasteiger partial charge in [-0.3, -0.25) is 0 Å². The molecule has 0 spiro atoms. The summed E-state index contributed by atoms with van der Waals surface area (Å²) in [6, 6.07) is 0. The predicted molar refractivity (Wildman–Crippen MR) is 58.8 cm³/mol. The van der Waals surface area contributed by atoms with E-state index < -0.39 is 0 Å². The second-order valence-corrected chi connectivity index (χ2v) is 5.96. The molecule has 1 rings (SSSR count). The van der Waals surface area contributed by atoms with Gasteiger partial charge in [-0.1, -0.05) is 34.4 Å². The lowest BCUT2D eigenvalue weighted by atomic mass is 10.1. The first-order valence-corrected chi connectivity index (χ1v) is 7.09. The summed E-state index contributed by atoms with van der Waals surface area (Å²) in [6.07, 6.45) is 6.82. The Balaban J connectivity index is 1.81. The van der Waals surface area contributed by atoms with Crippen molar-refractivity contribution in [1.29, 1.82) is 0 Å². The quantitative estimate of drug-likeness (QED) is 0.487. The Morgan fingerprint density at radius 2 is 2.25 bits per heavy atom. The van der Waals surface area contributed by atoms with Crippen molar-refractivity contribution in [2.75, 3.05) is 19.5 Å². The van der Waals surface area contributed by atoms with Crippen LogP contribution in [0.3, 0.4) is 0 Å². The van der Waals surface area contributed by atoms with E-state index in [1.165, 1.54) is 37.9 Å². The normalized spacial score (nSPS) is 23.2. The summed E-state index contributed by atoms with van der Waals surface area (Å²) in [5.74, 6) is 1.37. The minimum Gasteiger partial charge on any atom is -0.385 e. The Morgan fingerprint density at radius 1 is 1.33 bits per heavy atom. The molecule has 0 bridgehead atoms. The van der Waals surface area contributed by atoms with Crippen LogP contribution < -0.4 is 0 Å². The van der Waals surface area contributed by atoms with Gasteiger partial charge < -0.3 is 4.74 Å². The van der Waals surface area contributed by atoms with E-state index >= 15 is 0 Å². The summed E-state index contributed by atoms with van der Waals surface area (Å²) in [4.78, 5) is 0. The van der Waals surface area contributed by atoms with E-state index in [-0.39, 0.29) is 0 Å². The second kappa shape index (κ2) is 7.10. The molecule has 0 aromatic rings. The maximum absolute atomic E-state index is 5.00. The molecule has 1 atom stereocenters. The van der Waals surface area contributed by atoms with Crippen LogP contribution in [0.4, 0.5) is 0 Å². The average molecular weight is 206 g/mol. The van der Waals surface area contributed by atoms with Gasteiger partial charge in [-0.2, -0.15) is 0 Å². The lowest BCUT2D eigenvalue weighted by Gasteiger charge is -2.05. The minimum atomic E-state index is 0.937. The van der Waals surface area contributed by atoms with Crippen LogP contribution in [0, 0.1) is 0 Å². The van der Waals surface area contributed by atoms with E-state index in [1.807, 2.05) is 10.8 Å². The average Bonchev–Trinajstić information content (AvgIpc) is 2.57. The summed E-state index contributed by atoms with van der Waals surface area (Å²) >= 11 is 0. The fourth-order valence-corrected chi connectivity index (χ4v) is 4.39. The smallest absolute Gasteiger partial charge is 0.0462 e. The molecule has 1 saturated heterocycles. The van der Waals surface area contributed by atoms with Crippen molar-refractivity contribution < 1.29 is 4.74 Å². The lowest BCUT2D eigenvalue weighted by molar-refractivity contribution is 0.192. The summed E-state index contributed by atoms with van der Waals surface area (Å²) in [7, 11) is 5.92. The van der Waals surface area contributed by atoms with Crippen LogP contribution in [0.5, 0.6) is 0 Å². The Bertz CT molecular complexity index is 103. The maximum Gasteiger partial charge on any atom is 0.0462 e. The number of hydrogen-bond donors (Lipinski definition) is 0. The van der Waals surface area contributed by atoms with E-state index in [9.17, 15) is 0 Å². The van der Waals surface area contributed by atoms with E-state index in [4.69, 9.17) is 4.74 Å². The highest BCUT2D eigenvalue weighted by Crippen LogP contribution is 2.39. The third-order valence-electron chi connectivity index (χ3n) is 2.10. The monoisotopic (exact) mass is 206 g/mol. The molecular weight excluding hydrogens is 188 g/mol. The molecule has 0 radical (unpaired) electrons. The third-order valence-corrected chi connectivity index (χ3v) is 5.11. The predicted octanol–water partition coefficient (Wildman–Crippen LogP) is 3.35. The van der Waals surface area contributed by atoms with Gasteiger partial charge in [-0.05, 0) is 19.3 Å². The van der Waals surface area contributed by atoms with Crippen molar-refractivity contribution in [3.05, 3.63) is 0 Å². The molecule has 1 fully saturated rings. The molecule has 0 N–H and O–H groups in total. The number of methoxy groups -OCH3 is 1. The zero-order valence-electron chi connectivity index (χ0n) is 7.75. The Morgan fingerprint density at radius 3 is 2.92 bits per heavy atom. The van der Waals surface area contributed by atoms with Crippen molar-refractivity contribution >= 4 is 21.6 Å². The van der Waals surface area contributed by atoms with Crippen molar-refractivity contribution in [1.82, 2.24) is 0 Å². The topological polar surface area (TPSA) is 9.23 Å². The number of rotatable bonds is 6. The molecule has 0 saturated carbocycles. The van der Waals surface area contributed by atoms with Gasteiger partial charge in [0.05, 0.1) is 0 Å². The van der Waals surface area contributed by atoms with Gasteiger partial charge >= 0.3 is 0 Å². The maximum atomic E-state index is 5.00. The van der Waals surface area contributed by atoms with Crippen LogP contribution in [-0.4, -0.2) is 24.7 Å². The van der Waals surface area contributed by atoms with E-state index in [0.717, 1.165) is 11.9 Å². The minimum absolute atomic E-state index is 0.937. The van der Waals surface area contributed by atoms with Crippen LogP contribution >= 0.6 is 21.6 Å². The van der Waals surface area contributed by atoms with Crippen LogP contribution in [0.25, 0.3) is 0 Å². The molecule has 0 aromatic carbocycles. The van der Waals surface area contributed by atoms with Crippen LogP contribution in [0.15, 0.2) is 0 Å². The van der Waals surface area contributed by atoms with Crippen molar-refractivity contribution in [2.24, 2.45) is 0 Å². The summed E-state index contributed by atoms with van der Waals surface area (Å²) in [5, 5.41) is 0.956. The highest BCUT2D eigenvalue weighted by Gasteiger charge is 2.15. The van der Waals surface area contributed by atoms with Crippen LogP contribution in [-0.2, 0) is 4.74 Å². The third kappa shape index (κ3) is 4.63. The zero-order valence-corrected chi connectivity index (χ0v) is 9.38. The molecule has 72 valence electrons. The Hall–Kier alpha value is 0.660. The van der Waals surface area contributed by atoms with Gasteiger partial charge in [-0.25, -0.2) is 0 Å². The second-order valence-electron chi connectivity index (χ2n) is 3.17. The number of ether oxygens (including phenoxy) is 1. The molecule has 1 aliphatic rings. The largest absolute Gasteiger partial charge is 0.385 e. The summed E-state index contributed by atoms with van der Waals surface area (Å²) in [5.41, 5.74) is 0. The summed E-state index contributed by atoms with van der Waals surface area (Å²) < 4.78 is 5.00. The van der Waals surface area contributed by atoms with Gasteiger partial charge in [-0.15, -0.1) is 0 Å². The van der Waals surface area contributed by atoms with Crippen molar-refractivity contribution in [3.8, 4) is 0 Å². The SMILES string of the molecule is COCCCCCC1CCSS1. The Labute approximate surface area is 83.4 Å². The first kappa shape index (κ1) is 10.7. The highest BCUT2D eigenvalue weighted by atomic mass is 33.1. The molecule has 0 aliphatic carbocycles. The summed E-state index contributed by atoms with van der Waals surface area (Å²) in [6.45, 7) is 0.937. The van der Waals surface area contributed by atoms with Gasteiger partial charge in [0.15, 0.2) is 0 Å². The van der Waals surface area contributed by atoms with Gasteiger partial charge in [0.25, 0.3) is 0 Å². The first-order chi connectivity index (χ1) is 5.93. The molecule has 0 aromatic heterocycles. The van der Waals surface area contributed by atoms with Gasteiger partial charge in [0.1, 0.15) is 0 Å². The van der Waals surface area contributed by atoms with E-state index in [0.29, 0.717) is 0 Å². The van der Waals surface area contributed by atoms with Crippen LogP contribution in [0.2, 0.25) is 0 Å². The molecule has 1 aliphatic heterocycles. The first-order valence-electron chi connectivity index (χ1n) is 4.70. The fourth-order valence-electron chi connectivity index (χ4n) is 1.36. The number of unbranched alkanes of at least 4 members (excludes halogenated alkanes) is 2. The molecule has 3 heteroatoms. The van der Waals surface area contributed by atoms with Gasteiger partial charge in [0.2, 0.25) is 0 Å². The van der Waals surface area contributed by atoms with E-state index in [1.54, 1.807) is 7.11 Å². The molecule has 1 nitrogen and oxygen atoms in total. The van der Waals surface area contributed by atoms with E-state index in [2.05, 4.69) is 10.8 Å². The van der Waals surface area contributed by atoms with Crippen LogP contribution in [0.1, 0.15) is 32.1 Å². The molecular formula is C9H18OS2. The molecule has 1 heterocycles. The molecule has 1 unspecified atom stereocenters. The van der Waals surface area contributed by atoms with Crippen molar-refractivity contribution in [2.45, 2.75) is 37.4 Å². The van der Waals surface area contributed by atoms with Crippen molar-refractivity contribution in [3.63, 3.8) is 0 Å². The van der Waals surface area contributed by atoms with Gasteiger partial charge in [0, 0.05) is 24.7 Å². The Kier molecular flexibility index (Phi) is 6.35. The highest BCUT2D eigenvalue weighted by molar-refractivity contribution is 8.77. The number of hydrogen-bond acceptors (Lipinski definition) is 3. The zero-order chi connectivity index (χ0) is 8.65. The molecule has 0 amide bonds. The molecule has 12 heavy (non-hydrogen) atoms. The standard InChI is InChI=1S/C9H18OS2/c1-10-7-4-2-3-5-9-6-8-11-12-9/h9H,2-8H2,1H3. The lowest BCUT2D eigenvalue weighted by Crippen LogP contribution is -1.97. The fraction of sp³-hybridized carbons (Fsp3) is 1.00.